The molecular formula is C8H11NO. The standard InChI is InChI=1S/C8H11NO/c1-2-8(9-10-8)7-5-3-4-6-7/h3-5,9H,2,6H2,1H3. The summed E-state index contributed by atoms with van der Waals surface area (Å²) in [6, 6.07) is 0. The van der Waals surface area contributed by atoms with Crippen LogP contribution in [0.1, 0.15) is 19.8 Å². The molecule has 0 aromatic carbocycles. The van der Waals surface area contributed by atoms with E-state index in [0.29, 0.717) is 0 Å². The third-order valence-electron chi connectivity index (χ3n) is 2.14. The summed E-state index contributed by atoms with van der Waals surface area (Å²) >= 11 is 0. The van der Waals surface area contributed by atoms with Crippen molar-refractivity contribution < 1.29 is 4.84 Å². The highest BCUT2D eigenvalue weighted by Gasteiger charge is 2.46. The van der Waals surface area contributed by atoms with Crippen molar-refractivity contribution in [1.82, 2.24) is 5.48 Å². The Balaban J connectivity index is 2.12. The number of allylic oxidation sites excluding steroid dienone is 3. The maximum atomic E-state index is 5.17. The second-order valence-corrected chi connectivity index (χ2v) is 2.71. The molecule has 2 heteroatoms. The Bertz CT molecular complexity index is 201. The van der Waals surface area contributed by atoms with E-state index in [0.717, 1.165) is 12.8 Å². The minimum absolute atomic E-state index is 0.0799. The lowest BCUT2D eigenvalue weighted by molar-refractivity contribution is 0.312. The molecule has 1 atom stereocenters. The fourth-order valence-corrected chi connectivity index (χ4v) is 1.31. The van der Waals surface area contributed by atoms with Gasteiger partial charge in [-0.25, -0.2) is 0 Å². The molecule has 2 nitrogen and oxygen atoms in total. The summed E-state index contributed by atoms with van der Waals surface area (Å²) in [4.78, 5) is 5.17. The Kier molecular flexibility index (Phi) is 1.19. The summed E-state index contributed by atoms with van der Waals surface area (Å²) in [6.07, 6.45) is 8.41. The number of nitrogens with one attached hydrogen (secondary N) is 1. The Labute approximate surface area is 60.5 Å². The fraction of sp³-hybridized carbons (Fsp3) is 0.500. The van der Waals surface area contributed by atoms with E-state index in [4.69, 9.17) is 4.84 Å². The molecule has 1 heterocycles. The van der Waals surface area contributed by atoms with Gasteiger partial charge < -0.3 is 0 Å². The lowest BCUT2D eigenvalue weighted by Gasteiger charge is -2.05. The first kappa shape index (κ1) is 6.13. The van der Waals surface area contributed by atoms with Gasteiger partial charge in [-0.15, -0.1) is 0 Å². The van der Waals surface area contributed by atoms with Crippen LogP contribution in [-0.2, 0) is 4.84 Å². The molecule has 1 aliphatic carbocycles. The zero-order chi connectivity index (χ0) is 7.03. The van der Waals surface area contributed by atoms with Crippen LogP contribution in [0.25, 0.3) is 0 Å². The Morgan fingerprint density at radius 2 is 2.60 bits per heavy atom. The molecule has 1 N–H and O–H groups in total. The lowest BCUT2D eigenvalue weighted by atomic mass is 10.0. The predicted octanol–water partition coefficient (Wildman–Crippen LogP) is 1.51. The summed E-state index contributed by atoms with van der Waals surface area (Å²) in [7, 11) is 0. The highest BCUT2D eigenvalue weighted by molar-refractivity contribution is 5.31. The lowest BCUT2D eigenvalue weighted by Crippen LogP contribution is -2.15. The van der Waals surface area contributed by atoms with Crippen LogP contribution in [0.3, 0.4) is 0 Å². The number of hydrogen-bond acceptors (Lipinski definition) is 2. The maximum absolute atomic E-state index is 5.17. The average molecular weight is 137 g/mol. The molecule has 2 aliphatic rings. The summed E-state index contributed by atoms with van der Waals surface area (Å²) in [5, 5.41) is 0. The van der Waals surface area contributed by atoms with Crippen LogP contribution in [0.5, 0.6) is 0 Å². The third-order valence-corrected chi connectivity index (χ3v) is 2.14. The fourth-order valence-electron chi connectivity index (χ4n) is 1.31. The molecule has 54 valence electrons. The van der Waals surface area contributed by atoms with Crippen molar-refractivity contribution in [1.29, 1.82) is 0 Å². The SMILES string of the molecule is CCC1(C2=CC=CC2)NO1. The molecule has 1 unspecified atom stereocenters. The van der Waals surface area contributed by atoms with Crippen molar-refractivity contribution >= 4 is 0 Å². The van der Waals surface area contributed by atoms with E-state index in [2.05, 4.69) is 30.6 Å². The zero-order valence-corrected chi connectivity index (χ0v) is 6.05. The third kappa shape index (κ3) is 0.728. The molecule has 1 saturated heterocycles. The van der Waals surface area contributed by atoms with Gasteiger partial charge in [-0.2, -0.15) is 5.48 Å². The van der Waals surface area contributed by atoms with Gasteiger partial charge in [0.2, 0.25) is 0 Å². The molecule has 0 radical (unpaired) electrons. The topological polar surface area (TPSA) is 34.5 Å². The van der Waals surface area contributed by atoms with E-state index >= 15 is 0 Å². The summed E-state index contributed by atoms with van der Waals surface area (Å²) in [5.41, 5.74) is 4.21. The first-order valence-corrected chi connectivity index (χ1v) is 3.69. The summed E-state index contributed by atoms with van der Waals surface area (Å²) in [5.74, 6) is 0. The number of hydroxylamine groups is 1. The van der Waals surface area contributed by atoms with Gasteiger partial charge in [0, 0.05) is 0 Å². The maximum Gasteiger partial charge on any atom is 0.183 e. The molecule has 2 rings (SSSR count). The van der Waals surface area contributed by atoms with Gasteiger partial charge in [0.05, 0.1) is 0 Å². The van der Waals surface area contributed by atoms with E-state index in [1.165, 1.54) is 5.57 Å². The molecule has 1 aliphatic heterocycles. The van der Waals surface area contributed by atoms with Crippen LogP contribution < -0.4 is 5.48 Å². The van der Waals surface area contributed by atoms with Crippen molar-refractivity contribution in [3.63, 3.8) is 0 Å². The molecule has 0 bridgehead atoms. The van der Waals surface area contributed by atoms with Crippen LogP contribution in [0.2, 0.25) is 0 Å². The number of rotatable bonds is 2. The van der Waals surface area contributed by atoms with Gasteiger partial charge in [-0.3, -0.25) is 4.84 Å². The summed E-state index contributed by atoms with van der Waals surface area (Å²) < 4.78 is 0. The largest absolute Gasteiger partial charge is 0.270 e. The second kappa shape index (κ2) is 1.94. The van der Waals surface area contributed by atoms with E-state index in [-0.39, 0.29) is 5.72 Å². The minimum atomic E-state index is -0.0799. The monoisotopic (exact) mass is 137 g/mol. The zero-order valence-electron chi connectivity index (χ0n) is 6.05. The van der Waals surface area contributed by atoms with Gasteiger partial charge in [0.1, 0.15) is 0 Å². The van der Waals surface area contributed by atoms with Crippen LogP contribution >= 0.6 is 0 Å². The first-order valence-electron chi connectivity index (χ1n) is 3.69. The Hall–Kier alpha value is -0.600. The molecule has 0 aromatic rings. The number of hydrogen-bond donors (Lipinski definition) is 1. The van der Waals surface area contributed by atoms with Crippen molar-refractivity contribution in [2.45, 2.75) is 25.5 Å². The van der Waals surface area contributed by atoms with Gasteiger partial charge in [0.15, 0.2) is 5.72 Å². The molecule has 1 fully saturated rings. The predicted molar refractivity (Wildman–Crippen MR) is 39.1 cm³/mol. The molecule has 0 saturated carbocycles. The van der Waals surface area contributed by atoms with Crippen molar-refractivity contribution in [2.75, 3.05) is 0 Å². The van der Waals surface area contributed by atoms with E-state index in [9.17, 15) is 0 Å². The van der Waals surface area contributed by atoms with Crippen molar-refractivity contribution in [2.24, 2.45) is 0 Å². The van der Waals surface area contributed by atoms with E-state index in [1.54, 1.807) is 0 Å². The normalized spacial score (nSPS) is 36.3. The summed E-state index contributed by atoms with van der Waals surface area (Å²) in [6.45, 7) is 2.12. The Morgan fingerprint density at radius 3 is 3.00 bits per heavy atom. The van der Waals surface area contributed by atoms with Gasteiger partial charge in [-0.1, -0.05) is 25.2 Å². The van der Waals surface area contributed by atoms with Crippen LogP contribution in [0.4, 0.5) is 0 Å². The molecule has 0 aromatic heterocycles. The average Bonchev–Trinajstić information content (AvgIpc) is 2.58. The molecular weight excluding hydrogens is 126 g/mol. The van der Waals surface area contributed by atoms with Gasteiger partial charge >= 0.3 is 0 Å². The molecule has 0 spiro atoms. The van der Waals surface area contributed by atoms with E-state index < -0.39 is 0 Å². The highest BCUT2D eigenvalue weighted by Crippen LogP contribution is 2.36. The Morgan fingerprint density at radius 1 is 1.80 bits per heavy atom. The quantitative estimate of drug-likeness (QED) is 0.585. The van der Waals surface area contributed by atoms with E-state index in [1.807, 2.05) is 0 Å². The minimum Gasteiger partial charge on any atom is -0.270 e. The van der Waals surface area contributed by atoms with Gasteiger partial charge in [-0.05, 0) is 18.4 Å². The van der Waals surface area contributed by atoms with Crippen LogP contribution in [-0.4, -0.2) is 5.72 Å². The molecule has 0 amide bonds. The highest BCUT2D eigenvalue weighted by atomic mass is 16.8. The molecule has 10 heavy (non-hydrogen) atoms. The second-order valence-electron chi connectivity index (χ2n) is 2.71. The van der Waals surface area contributed by atoms with Crippen LogP contribution in [0.15, 0.2) is 23.8 Å². The smallest absolute Gasteiger partial charge is 0.183 e. The van der Waals surface area contributed by atoms with Crippen molar-refractivity contribution in [3.05, 3.63) is 23.8 Å². The first-order chi connectivity index (χ1) is 4.87. The van der Waals surface area contributed by atoms with Crippen LogP contribution in [0, 0.1) is 0 Å². The van der Waals surface area contributed by atoms with Gasteiger partial charge in [0.25, 0.3) is 0 Å². The van der Waals surface area contributed by atoms with Crippen molar-refractivity contribution in [3.8, 4) is 0 Å².